The van der Waals surface area contributed by atoms with Gasteiger partial charge in [-0.25, -0.2) is 21.8 Å². The molecule has 2 aromatic rings. The Labute approximate surface area is 231 Å². The van der Waals surface area contributed by atoms with E-state index in [0.717, 1.165) is 47.8 Å². The van der Waals surface area contributed by atoms with Gasteiger partial charge in [-0.1, -0.05) is 0 Å². The van der Waals surface area contributed by atoms with Gasteiger partial charge in [-0.15, -0.1) is 0 Å². The van der Waals surface area contributed by atoms with Crippen molar-refractivity contribution in [3.05, 3.63) is 56.4 Å². The number of pyridine rings is 2. The van der Waals surface area contributed by atoms with Crippen LogP contribution in [-0.2, 0) is 9.47 Å². The monoisotopic (exact) mass is 560 g/mol. The van der Waals surface area contributed by atoms with Crippen LogP contribution < -0.4 is 11.1 Å². The van der Waals surface area contributed by atoms with Gasteiger partial charge < -0.3 is 18.6 Å². The molecule has 2 saturated carbocycles. The van der Waals surface area contributed by atoms with Gasteiger partial charge in [0.2, 0.25) is 0 Å². The first-order chi connectivity index (χ1) is 18.4. The van der Waals surface area contributed by atoms with E-state index in [1.54, 1.807) is 0 Å². The molecule has 0 N–H and O–H groups in total. The molecule has 2 saturated heterocycles. The maximum Gasteiger partial charge on any atom is 0.262 e. The molecule has 0 bridgehead atoms. The molecule has 6 nitrogen and oxygen atoms in total. The minimum Gasteiger partial charge on any atom is -0.379 e. The van der Waals surface area contributed by atoms with E-state index in [9.17, 15) is 9.59 Å². The number of hydrogen-bond donors (Lipinski definition) is 2. The summed E-state index contributed by atoms with van der Waals surface area (Å²) in [5.74, 6) is 2.10. The second kappa shape index (κ2) is 11.2. The van der Waals surface area contributed by atoms with Gasteiger partial charge in [-0.2, -0.15) is 0 Å². The highest BCUT2D eigenvalue weighted by Crippen LogP contribution is 2.44. The molecule has 0 aromatic carbocycles. The predicted molar refractivity (Wildman–Crippen MR) is 160 cm³/mol. The van der Waals surface area contributed by atoms with Gasteiger partial charge in [0.05, 0.1) is 28.5 Å². The Kier molecular flexibility index (Phi) is 7.87. The molecule has 2 aliphatic heterocycles. The van der Waals surface area contributed by atoms with Crippen molar-refractivity contribution in [3.63, 3.8) is 0 Å². The Morgan fingerprint density at radius 2 is 1.45 bits per heavy atom. The predicted octanol–water partition coefficient (Wildman–Crippen LogP) is 5.15. The average molecular weight is 561 g/mol. The maximum atomic E-state index is 13.7. The average Bonchev–Trinajstić information content (AvgIpc) is 3.82. The lowest BCUT2D eigenvalue weighted by Crippen LogP contribution is -2.36. The molecule has 0 amide bonds. The Balaban J connectivity index is 1.23. The Morgan fingerprint density at radius 1 is 0.816 bits per heavy atom. The number of hydrogen-bond acceptors (Lipinski definition) is 4. The highest BCUT2D eigenvalue weighted by atomic mass is 32.2. The molecule has 4 unspecified atom stereocenters. The molecule has 2 aliphatic carbocycles. The summed E-state index contributed by atoms with van der Waals surface area (Å²) in [6.07, 6.45) is 19.7. The molecule has 4 atom stereocenters. The first kappa shape index (κ1) is 26.7. The highest BCUT2D eigenvalue weighted by Gasteiger charge is 2.31. The van der Waals surface area contributed by atoms with Crippen LogP contribution in [0.3, 0.4) is 0 Å². The number of nitrogens with zero attached hydrogens (tertiary/aromatic N) is 2. The van der Waals surface area contributed by atoms with Crippen LogP contribution in [-0.4, -0.2) is 59.6 Å². The van der Waals surface area contributed by atoms with E-state index >= 15 is 0 Å². The fraction of sp³-hybridized carbons (Fsp3) is 0.667. The summed E-state index contributed by atoms with van der Waals surface area (Å²) in [7, 11) is -1.12. The van der Waals surface area contributed by atoms with Crippen LogP contribution in [0.25, 0.3) is 0 Å². The van der Waals surface area contributed by atoms with Crippen LogP contribution >= 0.6 is 21.8 Å². The van der Waals surface area contributed by atoms with Crippen molar-refractivity contribution in [1.82, 2.24) is 9.13 Å². The smallest absolute Gasteiger partial charge is 0.262 e. The summed E-state index contributed by atoms with van der Waals surface area (Å²) in [6.45, 7) is 2.11. The topological polar surface area (TPSA) is 62.5 Å². The summed E-state index contributed by atoms with van der Waals surface area (Å²) in [4.78, 5) is 29.2. The van der Waals surface area contributed by atoms with Crippen molar-refractivity contribution < 1.29 is 9.47 Å². The minimum atomic E-state index is -0.672. The van der Waals surface area contributed by atoms with E-state index in [1.165, 1.54) is 36.8 Å². The lowest BCUT2D eigenvalue weighted by molar-refractivity contribution is 0.00771. The Hall–Kier alpha value is -1.48. The minimum absolute atomic E-state index is 0.0741. The Bertz CT molecular complexity index is 1270. The zero-order chi connectivity index (χ0) is 26.4. The van der Waals surface area contributed by atoms with E-state index in [1.807, 2.05) is 4.57 Å². The van der Waals surface area contributed by atoms with E-state index < -0.39 is 21.8 Å². The third-order valence-electron chi connectivity index (χ3n) is 8.82. The SMILES string of the molecule is C[SH](C)c1cc(C2CC2)cn(C2CCOC(C[SH](C)c3cc(C4CC4)cn(C4CCCOC4)c3=O)C2)c1=O. The van der Waals surface area contributed by atoms with Crippen LogP contribution in [0, 0.1) is 0 Å². The van der Waals surface area contributed by atoms with Crippen molar-refractivity contribution in [2.45, 2.75) is 91.2 Å². The molecular weight excluding hydrogens is 516 g/mol. The largest absolute Gasteiger partial charge is 0.379 e. The van der Waals surface area contributed by atoms with Gasteiger partial charge >= 0.3 is 0 Å². The van der Waals surface area contributed by atoms with Crippen LogP contribution in [0.1, 0.15) is 86.4 Å². The molecule has 4 aliphatic rings. The molecule has 2 aromatic heterocycles. The molecule has 8 heteroatoms. The first-order valence-electron chi connectivity index (χ1n) is 14.5. The molecule has 0 spiro atoms. The van der Waals surface area contributed by atoms with Gasteiger partial charge in [-0.3, -0.25) is 9.59 Å². The lowest BCUT2D eigenvalue weighted by Gasteiger charge is -2.34. The van der Waals surface area contributed by atoms with E-state index in [2.05, 4.69) is 47.9 Å². The summed E-state index contributed by atoms with van der Waals surface area (Å²) >= 11 is 0. The van der Waals surface area contributed by atoms with Gasteiger partial charge in [-0.05, 0) is 105 Å². The van der Waals surface area contributed by atoms with Gasteiger partial charge in [0.1, 0.15) is 0 Å². The number of rotatable bonds is 8. The van der Waals surface area contributed by atoms with Gasteiger partial charge in [0, 0.05) is 37.4 Å². The first-order valence-corrected chi connectivity index (χ1v) is 18.7. The molecule has 4 heterocycles. The lowest BCUT2D eigenvalue weighted by atomic mass is 10.0. The number of thiol groups is 2. The summed E-state index contributed by atoms with van der Waals surface area (Å²) < 4.78 is 16.1. The maximum absolute atomic E-state index is 13.7. The van der Waals surface area contributed by atoms with Gasteiger partial charge in [0.25, 0.3) is 11.1 Å². The van der Waals surface area contributed by atoms with Crippen molar-refractivity contribution in [1.29, 1.82) is 0 Å². The van der Waals surface area contributed by atoms with E-state index in [0.29, 0.717) is 25.0 Å². The van der Waals surface area contributed by atoms with Crippen LogP contribution in [0.5, 0.6) is 0 Å². The normalized spacial score (nSPS) is 27.7. The zero-order valence-electron chi connectivity index (χ0n) is 23.1. The van der Waals surface area contributed by atoms with Crippen molar-refractivity contribution in [2.24, 2.45) is 0 Å². The summed E-state index contributed by atoms with van der Waals surface area (Å²) in [6, 6.07) is 4.73. The zero-order valence-corrected chi connectivity index (χ0v) is 24.9. The number of aromatic nitrogens is 2. The fourth-order valence-electron chi connectivity index (χ4n) is 6.22. The quantitative estimate of drug-likeness (QED) is 0.439. The molecule has 4 fully saturated rings. The second-order valence-electron chi connectivity index (χ2n) is 12.1. The molecule has 210 valence electrons. The third kappa shape index (κ3) is 5.70. The van der Waals surface area contributed by atoms with E-state index in [4.69, 9.17) is 9.47 Å². The standard InChI is InChI=1S/C30H44N2O4S2/c1-37(2)27-13-22(20-6-7-20)16-31(29(27)33)24-10-12-36-26(15-24)19-38(3)28-14-23(21-8-9-21)17-32(30(28)34)25-5-4-11-35-18-25/h13-14,16-17,20-21,24-26,37-38H,4-12,15,18-19H2,1-3H3. The molecular formula is C30H44N2O4S2. The molecule has 6 rings (SSSR count). The molecule has 0 radical (unpaired) electrons. The molecule has 38 heavy (non-hydrogen) atoms. The van der Waals surface area contributed by atoms with Crippen LogP contribution in [0.15, 0.2) is 43.9 Å². The summed E-state index contributed by atoms with van der Waals surface area (Å²) in [5.41, 5.74) is 3.04. The van der Waals surface area contributed by atoms with Crippen molar-refractivity contribution in [3.8, 4) is 0 Å². The number of ether oxygens (including phenoxy) is 2. The van der Waals surface area contributed by atoms with Gasteiger partial charge in [0.15, 0.2) is 0 Å². The summed E-state index contributed by atoms with van der Waals surface area (Å²) in [5, 5.41) is 0. The Morgan fingerprint density at radius 3 is 2.05 bits per heavy atom. The third-order valence-corrected chi connectivity index (χ3v) is 12.2. The highest BCUT2D eigenvalue weighted by molar-refractivity contribution is 8.16. The van der Waals surface area contributed by atoms with Crippen molar-refractivity contribution in [2.75, 3.05) is 44.3 Å². The van der Waals surface area contributed by atoms with Crippen LogP contribution in [0.4, 0.5) is 0 Å². The van der Waals surface area contributed by atoms with Crippen molar-refractivity contribution >= 4 is 21.8 Å². The van der Waals surface area contributed by atoms with E-state index in [-0.39, 0.29) is 29.3 Å². The second-order valence-corrected chi connectivity index (χ2v) is 16.6. The van der Waals surface area contributed by atoms with Crippen LogP contribution in [0.2, 0.25) is 0 Å². The fourth-order valence-corrected chi connectivity index (χ4v) is 9.00.